The molecule has 0 fully saturated rings. The van der Waals surface area contributed by atoms with Gasteiger partial charge in [-0.05, 0) is 42.6 Å². The number of amides is 1. The Balaban J connectivity index is 2.16. The molecule has 0 aromatic heterocycles. The highest BCUT2D eigenvalue weighted by Crippen LogP contribution is 2.27. The van der Waals surface area contributed by atoms with Crippen LogP contribution in [-0.2, 0) is 11.3 Å². The van der Waals surface area contributed by atoms with E-state index in [1.165, 1.54) is 24.0 Å². The quantitative estimate of drug-likeness (QED) is 0.654. The van der Waals surface area contributed by atoms with E-state index in [-0.39, 0.29) is 6.61 Å². The fraction of sp³-hybridized carbons (Fsp3) is 0.409. The first-order valence-corrected chi connectivity index (χ1v) is 9.43. The van der Waals surface area contributed by atoms with Crippen LogP contribution in [0.2, 0.25) is 0 Å². The predicted octanol–water partition coefficient (Wildman–Crippen LogP) is 4.30. The van der Waals surface area contributed by atoms with Crippen LogP contribution in [0.15, 0.2) is 54.6 Å². The standard InChI is InChI=1S/C22H30N2O2/c1-3-5-14-24(21(4-2)19-11-7-6-8-12-19)16-18-10-9-13-20(15-18)26-17-22(23)25/h6-13,15,21H,3-5,14,16-17H2,1-2H3,(H2,23,25). The summed E-state index contributed by atoms with van der Waals surface area (Å²) in [5.74, 6) is 0.222. The van der Waals surface area contributed by atoms with Gasteiger partial charge in [0.25, 0.3) is 5.91 Å². The highest BCUT2D eigenvalue weighted by molar-refractivity contribution is 5.75. The largest absolute Gasteiger partial charge is 0.484 e. The van der Waals surface area contributed by atoms with Gasteiger partial charge < -0.3 is 10.5 Å². The number of benzene rings is 2. The number of primary amides is 1. The number of carbonyl (C=O) groups excluding carboxylic acids is 1. The zero-order valence-corrected chi connectivity index (χ0v) is 15.9. The molecule has 0 aliphatic rings. The van der Waals surface area contributed by atoms with Crippen LogP contribution in [0, 0.1) is 0 Å². The molecule has 26 heavy (non-hydrogen) atoms. The van der Waals surface area contributed by atoms with Crippen molar-refractivity contribution in [3.63, 3.8) is 0 Å². The van der Waals surface area contributed by atoms with E-state index in [1.807, 2.05) is 18.2 Å². The lowest BCUT2D eigenvalue weighted by Gasteiger charge is -2.31. The average molecular weight is 354 g/mol. The van der Waals surface area contributed by atoms with Crippen LogP contribution < -0.4 is 10.5 Å². The second-order valence-electron chi connectivity index (χ2n) is 6.56. The first kappa shape index (κ1) is 20.0. The van der Waals surface area contributed by atoms with Gasteiger partial charge >= 0.3 is 0 Å². The zero-order chi connectivity index (χ0) is 18.8. The Bertz CT molecular complexity index is 673. The number of unbranched alkanes of at least 4 members (excludes halogenated alkanes) is 1. The summed E-state index contributed by atoms with van der Waals surface area (Å²) in [4.78, 5) is 13.5. The van der Waals surface area contributed by atoms with E-state index in [0.29, 0.717) is 11.8 Å². The van der Waals surface area contributed by atoms with Crippen LogP contribution in [0.1, 0.15) is 50.3 Å². The first-order chi connectivity index (χ1) is 12.6. The second kappa shape index (κ2) is 10.6. The second-order valence-corrected chi connectivity index (χ2v) is 6.56. The molecule has 0 bridgehead atoms. The third-order valence-electron chi connectivity index (χ3n) is 4.48. The molecule has 0 aliphatic heterocycles. The molecule has 4 nitrogen and oxygen atoms in total. The maximum atomic E-state index is 10.9. The van der Waals surface area contributed by atoms with E-state index < -0.39 is 5.91 Å². The van der Waals surface area contributed by atoms with E-state index in [4.69, 9.17) is 10.5 Å². The van der Waals surface area contributed by atoms with Crippen LogP contribution in [0.5, 0.6) is 5.75 Å². The maximum absolute atomic E-state index is 10.9. The van der Waals surface area contributed by atoms with E-state index in [0.717, 1.165) is 19.5 Å². The fourth-order valence-electron chi connectivity index (χ4n) is 3.21. The number of rotatable bonds is 11. The van der Waals surface area contributed by atoms with Gasteiger partial charge in [0, 0.05) is 12.6 Å². The summed E-state index contributed by atoms with van der Waals surface area (Å²) < 4.78 is 5.45. The van der Waals surface area contributed by atoms with Crippen LogP contribution >= 0.6 is 0 Å². The molecule has 0 radical (unpaired) electrons. The number of nitrogens with two attached hydrogens (primary N) is 1. The van der Waals surface area contributed by atoms with Gasteiger partial charge in [-0.2, -0.15) is 0 Å². The lowest BCUT2D eigenvalue weighted by atomic mass is 10.0. The molecule has 2 aromatic carbocycles. The minimum absolute atomic E-state index is 0.0927. The normalized spacial score (nSPS) is 12.1. The Hall–Kier alpha value is -2.33. The summed E-state index contributed by atoms with van der Waals surface area (Å²) >= 11 is 0. The molecular formula is C22H30N2O2. The number of ether oxygens (including phenoxy) is 1. The van der Waals surface area contributed by atoms with Gasteiger partial charge in [0.2, 0.25) is 0 Å². The number of hydrogen-bond acceptors (Lipinski definition) is 3. The van der Waals surface area contributed by atoms with Crippen molar-refractivity contribution in [1.82, 2.24) is 4.90 Å². The minimum Gasteiger partial charge on any atom is -0.484 e. The molecule has 0 saturated carbocycles. The van der Waals surface area contributed by atoms with Crippen LogP contribution in [0.3, 0.4) is 0 Å². The lowest BCUT2D eigenvalue weighted by molar-refractivity contribution is -0.119. The molecule has 4 heteroatoms. The van der Waals surface area contributed by atoms with E-state index in [1.54, 1.807) is 0 Å². The van der Waals surface area contributed by atoms with E-state index in [9.17, 15) is 4.79 Å². The lowest BCUT2D eigenvalue weighted by Crippen LogP contribution is -2.29. The molecule has 1 unspecified atom stereocenters. The summed E-state index contributed by atoms with van der Waals surface area (Å²) in [6, 6.07) is 19.0. The van der Waals surface area contributed by atoms with Crippen molar-refractivity contribution in [3.05, 3.63) is 65.7 Å². The molecule has 140 valence electrons. The fourth-order valence-corrected chi connectivity index (χ4v) is 3.21. The van der Waals surface area contributed by atoms with Gasteiger partial charge in [0.15, 0.2) is 6.61 Å². The molecule has 0 saturated heterocycles. The molecule has 0 heterocycles. The molecular weight excluding hydrogens is 324 g/mol. The molecule has 2 rings (SSSR count). The van der Waals surface area contributed by atoms with E-state index in [2.05, 4.69) is 55.1 Å². The monoisotopic (exact) mass is 354 g/mol. The van der Waals surface area contributed by atoms with Crippen molar-refractivity contribution in [3.8, 4) is 5.75 Å². The number of hydrogen-bond donors (Lipinski definition) is 1. The summed E-state index contributed by atoms with van der Waals surface area (Å²) in [5, 5.41) is 0. The Kier molecular flexibility index (Phi) is 8.16. The molecule has 1 amide bonds. The minimum atomic E-state index is -0.463. The molecule has 2 aromatic rings. The first-order valence-electron chi connectivity index (χ1n) is 9.43. The third kappa shape index (κ3) is 6.19. The van der Waals surface area contributed by atoms with Gasteiger partial charge in [-0.15, -0.1) is 0 Å². The van der Waals surface area contributed by atoms with Crippen molar-refractivity contribution in [2.75, 3.05) is 13.2 Å². The van der Waals surface area contributed by atoms with Crippen LogP contribution in [0.4, 0.5) is 0 Å². The van der Waals surface area contributed by atoms with Gasteiger partial charge in [0.1, 0.15) is 5.75 Å². The Labute approximate surface area is 157 Å². The molecule has 0 aliphatic carbocycles. The molecule has 0 spiro atoms. The van der Waals surface area contributed by atoms with Gasteiger partial charge in [-0.25, -0.2) is 0 Å². The smallest absolute Gasteiger partial charge is 0.255 e. The van der Waals surface area contributed by atoms with Crippen molar-refractivity contribution in [2.45, 2.75) is 45.7 Å². The summed E-state index contributed by atoms with van der Waals surface area (Å²) in [5.41, 5.74) is 7.70. The average Bonchev–Trinajstić information content (AvgIpc) is 2.66. The SMILES string of the molecule is CCCCN(Cc1cccc(OCC(N)=O)c1)C(CC)c1ccccc1. The highest BCUT2D eigenvalue weighted by atomic mass is 16.5. The highest BCUT2D eigenvalue weighted by Gasteiger charge is 2.18. The van der Waals surface area contributed by atoms with Crippen molar-refractivity contribution in [2.24, 2.45) is 5.73 Å². The number of nitrogens with zero attached hydrogens (tertiary/aromatic N) is 1. The van der Waals surface area contributed by atoms with Crippen LogP contribution in [0.25, 0.3) is 0 Å². The van der Waals surface area contributed by atoms with Crippen LogP contribution in [-0.4, -0.2) is 24.0 Å². The van der Waals surface area contributed by atoms with Gasteiger partial charge in [0.05, 0.1) is 0 Å². The predicted molar refractivity (Wildman–Crippen MR) is 106 cm³/mol. The number of carbonyl (C=O) groups is 1. The van der Waals surface area contributed by atoms with Crippen molar-refractivity contribution >= 4 is 5.91 Å². The Morgan fingerprint density at radius 1 is 1.12 bits per heavy atom. The van der Waals surface area contributed by atoms with Crippen molar-refractivity contribution in [1.29, 1.82) is 0 Å². The Morgan fingerprint density at radius 2 is 1.88 bits per heavy atom. The third-order valence-corrected chi connectivity index (χ3v) is 4.48. The van der Waals surface area contributed by atoms with Crippen molar-refractivity contribution < 1.29 is 9.53 Å². The molecule has 1 atom stereocenters. The Morgan fingerprint density at radius 3 is 2.54 bits per heavy atom. The summed E-state index contributed by atoms with van der Waals surface area (Å²) in [6.07, 6.45) is 3.40. The summed E-state index contributed by atoms with van der Waals surface area (Å²) in [6.45, 7) is 6.27. The topological polar surface area (TPSA) is 55.6 Å². The zero-order valence-electron chi connectivity index (χ0n) is 15.9. The van der Waals surface area contributed by atoms with Gasteiger partial charge in [-0.3, -0.25) is 9.69 Å². The van der Waals surface area contributed by atoms with Gasteiger partial charge in [-0.1, -0.05) is 62.7 Å². The van der Waals surface area contributed by atoms with E-state index >= 15 is 0 Å². The molecule has 2 N–H and O–H groups in total. The summed E-state index contributed by atoms with van der Waals surface area (Å²) in [7, 11) is 0. The maximum Gasteiger partial charge on any atom is 0.255 e.